The quantitative estimate of drug-likeness (QED) is 0.829. The first-order valence-electron chi connectivity index (χ1n) is 6.70. The van der Waals surface area contributed by atoms with Crippen molar-refractivity contribution in [3.05, 3.63) is 18.0 Å². The number of nitrogens with zero attached hydrogens (tertiary/aromatic N) is 2. The largest absolute Gasteiger partial charge is 0.292 e. The zero-order valence-electron chi connectivity index (χ0n) is 9.86. The van der Waals surface area contributed by atoms with Gasteiger partial charge >= 0.3 is 0 Å². The van der Waals surface area contributed by atoms with Gasteiger partial charge in [-0.25, -0.2) is 0 Å². The molecular formula is C13H21N3. The molecule has 1 aromatic rings. The lowest BCUT2D eigenvalue weighted by atomic mass is 9.93. The maximum absolute atomic E-state index is 4.09. The van der Waals surface area contributed by atoms with Gasteiger partial charge in [0.2, 0.25) is 0 Å². The number of nitrogens with one attached hydrogen (secondary N) is 1. The average molecular weight is 219 g/mol. The minimum atomic E-state index is 0.616. The zero-order valence-corrected chi connectivity index (χ0v) is 9.86. The Balaban J connectivity index is 1.73. The Labute approximate surface area is 97.2 Å². The molecule has 88 valence electrons. The molecule has 0 radical (unpaired) electrons. The first-order valence-corrected chi connectivity index (χ1v) is 6.70. The lowest BCUT2D eigenvalue weighted by molar-refractivity contribution is 0.140. The van der Waals surface area contributed by atoms with Crippen molar-refractivity contribution < 1.29 is 0 Å². The van der Waals surface area contributed by atoms with Gasteiger partial charge in [0.15, 0.2) is 0 Å². The molecule has 3 nitrogen and oxygen atoms in total. The Morgan fingerprint density at radius 1 is 1.12 bits per heavy atom. The minimum Gasteiger partial charge on any atom is -0.292 e. The van der Waals surface area contributed by atoms with Gasteiger partial charge in [-0.1, -0.05) is 19.3 Å². The monoisotopic (exact) mass is 219 g/mol. The van der Waals surface area contributed by atoms with Crippen LogP contribution in [0.5, 0.6) is 0 Å². The number of hydrogen-bond acceptors (Lipinski definition) is 2. The van der Waals surface area contributed by atoms with Crippen LogP contribution >= 0.6 is 0 Å². The summed E-state index contributed by atoms with van der Waals surface area (Å²) in [5.41, 5.74) is 1.32. The van der Waals surface area contributed by atoms with Gasteiger partial charge in [-0.3, -0.25) is 10.00 Å². The van der Waals surface area contributed by atoms with Gasteiger partial charge in [0.25, 0.3) is 0 Å². The van der Waals surface area contributed by atoms with Crippen LogP contribution in [0.4, 0.5) is 0 Å². The van der Waals surface area contributed by atoms with E-state index in [0.717, 1.165) is 6.04 Å². The molecule has 0 unspecified atom stereocenters. The Morgan fingerprint density at radius 3 is 2.75 bits per heavy atom. The van der Waals surface area contributed by atoms with Crippen LogP contribution < -0.4 is 0 Å². The first-order chi connectivity index (χ1) is 7.95. The van der Waals surface area contributed by atoms with Crippen molar-refractivity contribution in [2.45, 2.75) is 57.0 Å². The Morgan fingerprint density at radius 2 is 2.00 bits per heavy atom. The van der Waals surface area contributed by atoms with Crippen molar-refractivity contribution in [1.29, 1.82) is 0 Å². The molecule has 2 heterocycles. The number of aromatic nitrogens is 2. The van der Waals surface area contributed by atoms with Gasteiger partial charge in [-0.2, -0.15) is 5.10 Å². The van der Waals surface area contributed by atoms with Crippen LogP contribution in [0, 0.1) is 0 Å². The molecule has 1 aromatic heterocycles. The van der Waals surface area contributed by atoms with Gasteiger partial charge in [-0.15, -0.1) is 0 Å². The van der Waals surface area contributed by atoms with E-state index in [1.165, 1.54) is 57.2 Å². The summed E-state index contributed by atoms with van der Waals surface area (Å²) in [7, 11) is 0. The second-order valence-corrected chi connectivity index (χ2v) is 5.20. The minimum absolute atomic E-state index is 0.616. The summed E-state index contributed by atoms with van der Waals surface area (Å²) >= 11 is 0. The standard InChI is InChI=1S/C13H21N3/c1-2-5-11(6-3-1)16-10-4-7-13(16)12-8-9-14-15-12/h8-9,11,13H,1-7,10H2,(H,14,15)/t13-/m1/s1. The molecule has 3 rings (SSSR count). The van der Waals surface area contributed by atoms with E-state index in [4.69, 9.17) is 0 Å². The Kier molecular flexibility index (Phi) is 2.96. The van der Waals surface area contributed by atoms with Crippen LogP contribution in [0.3, 0.4) is 0 Å². The van der Waals surface area contributed by atoms with E-state index in [-0.39, 0.29) is 0 Å². The maximum Gasteiger partial charge on any atom is 0.0523 e. The van der Waals surface area contributed by atoms with Gasteiger partial charge < -0.3 is 0 Å². The average Bonchev–Trinajstić information content (AvgIpc) is 3.01. The molecule has 16 heavy (non-hydrogen) atoms. The van der Waals surface area contributed by atoms with Crippen LogP contribution in [-0.2, 0) is 0 Å². The molecule has 1 saturated heterocycles. The summed E-state index contributed by atoms with van der Waals surface area (Å²) in [4.78, 5) is 2.73. The second-order valence-electron chi connectivity index (χ2n) is 5.20. The summed E-state index contributed by atoms with van der Waals surface area (Å²) in [5, 5.41) is 7.25. The van der Waals surface area contributed by atoms with E-state index in [1.54, 1.807) is 0 Å². The molecule has 1 N–H and O–H groups in total. The lowest BCUT2D eigenvalue weighted by Gasteiger charge is -2.35. The summed E-state index contributed by atoms with van der Waals surface area (Å²) in [6, 6.07) is 3.60. The third-order valence-electron chi connectivity index (χ3n) is 4.22. The molecule has 3 heteroatoms. The highest BCUT2D eigenvalue weighted by Gasteiger charge is 2.32. The summed E-state index contributed by atoms with van der Waals surface area (Å²) in [6.45, 7) is 1.29. The molecule has 2 aliphatic rings. The van der Waals surface area contributed by atoms with Crippen molar-refractivity contribution in [2.24, 2.45) is 0 Å². The van der Waals surface area contributed by atoms with Crippen molar-refractivity contribution >= 4 is 0 Å². The summed E-state index contributed by atoms with van der Waals surface area (Å²) < 4.78 is 0. The van der Waals surface area contributed by atoms with Crippen molar-refractivity contribution in [2.75, 3.05) is 6.54 Å². The van der Waals surface area contributed by atoms with Gasteiger partial charge in [0, 0.05) is 12.2 Å². The number of rotatable bonds is 2. The van der Waals surface area contributed by atoms with Crippen molar-refractivity contribution in [3.8, 4) is 0 Å². The number of H-pyrrole nitrogens is 1. The topological polar surface area (TPSA) is 31.9 Å². The Hall–Kier alpha value is -0.830. The van der Waals surface area contributed by atoms with Crippen LogP contribution in [0.1, 0.15) is 56.7 Å². The molecule has 1 saturated carbocycles. The lowest BCUT2D eigenvalue weighted by Crippen LogP contribution is -2.36. The van der Waals surface area contributed by atoms with Crippen LogP contribution in [0.15, 0.2) is 12.3 Å². The smallest absolute Gasteiger partial charge is 0.0523 e. The highest BCUT2D eigenvalue weighted by molar-refractivity contribution is 5.07. The van der Waals surface area contributed by atoms with Gasteiger partial charge in [0.05, 0.1) is 11.7 Å². The van der Waals surface area contributed by atoms with E-state index in [9.17, 15) is 0 Å². The third kappa shape index (κ3) is 1.88. The van der Waals surface area contributed by atoms with Gasteiger partial charge in [-0.05, 0) is 38.3 Å². The normalized spacial score (nSPS) is 28.6. The van der Waals surface area contributed by atoms with Crippen molar-refractivity contribution in [3.63, 3.8) is 0 Å². The third-order valence-corrected chi connectivity index (χ3v) is 4.22. The molecule has 1 aliphatic heterocycles. The molecule has 0 aromatic carbocycles. The summed E-state index contributed by atoms with van der Waals surface area (Å²) in [6.07, 6.45) is 11.6. The van der Waals surface area contributed by atoms with E-state index in [0.29, 0.717) is 6.04 Å². The SMILES string of the molecule is c1cc([C@H]2CCCN2C2CCCCC2)[nH]n1. The fourth-order valence-electron chi connectivity index (χ4n) is 3.42. The van der Waals surface area contributed by atoms with Crippen LogP contribution in [0.2, 0.25) is 0 Å². The van der Waals surface area contributed by atoms with E-state index in [2.05, 4.69) is 21.2 Å². The first kappa shape index (κ1) is 10.3. The zero-order chi connectivity index (χ0) is 10.8. The molecule has 1 aliphatic carbocycles. The maximum atomic E-state index is 4.09. The number of hydrogen-bond donors (Lipinski definition) is 1. The molecule has 1 atom stereocenters. The van der Waals surface area contributed by atoms with Crippen molar-refractivity contribution in [1.82, 2.24) is 15.1 Å². The number of likely N-dealkylation sites (tertiary alicyclic amines) is 1. The number of aromatic amines is 1. The van der Waals surface area contributed by atoms with E-state index < -0.39 is 0 Å². The molecule has 2 fully saturated rings. The molecular weight excluding hydrogens is 198 g/mol. The molecule has 0 spiro atoms. The molecule has 0 amide bonds. The summed E-state index contributed by atoms with van der Waals surface area (Å²) in [5.74, 6) is 0. The highest BCUT2D eigenvalue weighted by Crippen LogP contribution is 2.36. The van der Waals surface area contributed by atoms with Crippen LogP contribution in [0.25, 0.3) is 0 Å². The van der Waals surface area contributed by atoms with Gasteiger partial charge in [0.1, 0.15) is 0 Å². The predicted octanol–water partition coefficient (Wildman–Crippen LogP) is 2.88. The van der Waals surface area contributed by atoms with E-state index in [1.807, 2.05) is 6.20 Å². The predicted molar refractivity (Wildman–Crippen MR) is 64.1 cm³/mol. The van der Waals surface area contributed by atoms with E-state index >= 15 is 0 Å². The fraction of sp³-hybridized carbons (Fsp3) is 0.769. The Bertz CT molecular complexity index is 314. The second kappa shape index (κ2) is 4.58. The van der Waals surface area contributed by atoms with Crippen LogP contribution in [-0.4, -0.2) is 27.7 Å². The molecule has 0 bridgehead atoms. The highest BCUT2D eigenvalue weighted by atomic mass is 15.2. The fourth-order valence-corrected chi connectivity index (χ4v) is 3.42.